The highest BCUT2D eigenvalue weighted by atomic mass is 16.5. The molecule has 0 radical (unpaired) electrons. The van der Waals surface area contributed by atoms with E-state index in [1.54, 1.807) is 30.5 Å². The topological polar surface area (TPSA) is 69.9 Å². The van der Waals surface area contributed by atoms with Gasteiger partial charge in [-0.25, -0.2) is 4.98 Å². The first kappa shape index (κ1) is 14.3. The van der Waals surface area contributed by atoms with Crippen molar-refractivity contribution in [2.75, 3.05) is 0 Å². The van der Waals surface area contributed by atoms with E-state index in [1.165, 1.54) is 0 Å². The molecule has 6 heteroatoms. The van der Waals surface area contributed by atoms with Gasteiger partial charge in [-0.2, -0.15) is 10.1 Å². The Bertz CT molecular complexity index is 1090. The smallest absolute Gasteiger partial charge is 0.322 e. The first-order valence-electron chi connectivity index (χ1n) is 7.48. The quantitative estimate of drug-likeness (QED) is 0.541. The Morgan fingerprint density at radius 1 is 1.21 bits per heavy atom. The number of hydrogen-bond donors (Lipinski definition) is 0. The van der Waals surface area contributed by atoms with Crippen LogP contribution < -0.4 is 4.74 Å². The van der Waals surface area contributed by atoms with Crippen LogP contribution in [0.25, 0.3) is 21.8 Å². The Balaban J connectivity index is 1.85. The predicted molar refractivity (Wildman–Crippen MR) is 90.5 cm³/mol. The SMILES string of the molecule is Cc1nn(C)c2c1ccc1cnc(Oc3cccc(C=O)c3)nc12. The zero-order valence-corrected chi connectivity index (χ0v) is 13.2. The van der Waals surface area contributed by atoms with Crippen molar-refractivity contribution in [3.8, 4) is 11.8 Å². The van der Waals surface area contributed by atoms with Crippen LogP contribution in [-0.2, 0) is 7.05 Å². The fraction of sp³-hybridized carbons (Fsp3) is 0.111. The summed E-state index contributed by atoms with van der Waals surface area (Å²) in [7, 11) is 1.89. The van der Waals surface area contributed by atoms with Crippen molar-refractivity contribution in [1.29, 1.82) is 0 Å². The summed E-state index contributed by atoms with van der Waals surface area (Å²) in [5.41, 5.74) is 3.22. The van der Waals surface area contributed by atoms with Crippen LogP contribution in [0.15, 0.2) is 42.6 Å². The maximum atomic E-state index is 10.9. The number of aryl methyl sites for hydroxylation is 2. The van der Waals surface area contributed by atoms with Gasteiger partial charge in [-0.05, 0) is 19.1 Å². The predicted octanol–water partition coefficient (Wildman–Crippen LogP) is 3.43. The van der Waals surface area contributed by atoms with Gasteiger partial charge < -0.3 is 4.74 Å². The number of ether oxygens (including phenoxy) is 1. The van der Waals surface area contributed by atoms with Gasteiger partial charge in [0, 0.05) is 29.6 Å². The molecule has 4 rings (SSSR count). The summed E-state index contributed by atoms with van der Waals surface area (Å²) < 4.78 is 7.53. The van der Waals surface area contributed by atoms with E-state index in [1.807, 2.05) is 30.8 Å². The molecule has 0 amide bonds. The lowest BCUT2D eigenvalue weighted by atomic mass is 10.1. The highest BCUT2D eigenvalue weighted by Gasteiger charge is 2.12. The molecule has 0 saturated heterocycles. The van der Waals surface area contributed by atoms with Gasteiger partial charge in [0.05, 0.1) is 11.2 Å². The minimum absolute atomic E-state index is 0.233. The molecule has 6 nitrogen and oxygen atoms in total. The molecule has 0 saturated carbocycles. The van der Waals surface area contributed by atoms with Crippen molar-refractivity contribution in [3.05, 3.63) is 53.9 Å². The van der Waals surface area contributed by atoms with E-state index in [9.17, 15) is 4.79 Å². The molecule has 2 aromatic carbocycles. The van der Waals surface area contributed by atoms with Crippen LogP contribution >= 0.6 is 0 Å². The molecule has 4 aromatic rings. The largest absolute Gasteiger partial charge is 0.424 e. The Kier molecular flexibility index (Phi) is 3.23. The molecule has 118 valence electrons. The van der Waals surface area contributed by atoms with Gasteiger partial charge >= 0.3 is 6.01 Å². The van der Waals surface area contributed by atoms with Crippen LogP contribution in [0.1, 0.15) is 16.1 Å². The van der Waals surface area contributed by atoms with Gasteiger partial charge in [0.25, 0.3) is 0 Å². The number of carbonyl (C=O) groups excluding carboxylic acids is 1. The number of aldehydes is 1. The van der Waals surface area contributed by atoms with E-state index in [-0.39, 0.29) is 6.01 Å². The molecular formula is C18H14N4O2. The lowest BCUT2D eigenvalue weighted by molar-refractivity contribution is 0.112. The van der Waals surface area contributed by atoms with E-state index < -0.39 is 0 Å². The number of hydrogen-bond acceptors (Lipinski definition) is 5. The van der Waals surface area contributed by atoms with Crippen LogP contribution in [0.2, 0.25) is 0 Å². The summed E-state index contributed by atoms with van der Waals surface area (Å²) in [5.74, 6) is 0.521. The highest BCUT2D eigenvalue weighted by Crippen LogP contribution is 2.27. The summed E-state index contributed by atoms with van der Waals surface area (Å²) in [5, 5.41) is 6.42. The third-order valence-corrected chi connectivity index (χ3v) is 3.92. The maximum absolute atomic E-state index is 10.9. The molecule has 0 aliphatic rings. The van der Waals surface area contributed by atoms with Crippen LogP contribution in [0, 0.1) is 6.92 Å². The number of rotatable bonds is 3. The fourth-order valence-electron chi connectivity index (χ4n) is 2.82. The van der Waals surface area contributed by atoms with Gasteiger partial charge in [0.15, 0.2) is 0 Å². The van der Waals surface area contributed by atoms with E-state index in [2.05, 4.69) is 15.1 Å². The molecule has 0 unspecified atom stereocenters. The van der Waals surface area contributed by atoms with Gasteiger partial charge in [-0.15, -0.1) is 0 Å². The molecule has 0 aliphatic heterocycles. The molecule has 0 bridgehead atoms. The first-order chi connectivity index (χ1) is 11.7. The zero-order valence-electron chi connectivity index (χ0n) is 13.2. The molecule has 0 aliphatic carbocycles. The van der Waals surface area contributed by atoms with Crippen molar-refractivity contribution >= 4 is 28.1 Å². The minimum atomic E-state index is 0.233. The van der Waals surface area contributed by atoms with E-state index in [4.69, 9.17) is 4.74 Å². The average molecular weight is 318 g/mol. The number of carbonyl (C=O) groups is 1. The Hall–Kier alpha value is -3.28. The van der Waals surface area contributed by atoms with Crippen molar-refractivity contribution in [2.24, 2.45) is 7.05 Å². The molecule has 24 heavy (non-hydrogen) atoms. The molecule has 0 N–H and O–H groups in total. The van der Waals surface area contributed by atoms with Gasteiger partial charge in [-0.1, -0.05) is 24.3 Å². The number of aromatic nitrogens is 4. The van der Waals surface area contributed by atoms with E-state index in [0.717, 1.165) is 33.8 Å². The Morgan fingerprint density at radius 2 is 2.08 bits per heavy atom. The standard InChI is InChI=1S/C18H14N4O2/c1-11-15-7-6-13-9-19-18(20-16(13)17(15)22(2)21-11)24-14-5-3-4-12(8-14)10-23/h3-10H,1-2H3. The average Bonchev–Trinajstić information content (AvgIpc) is 2.89. The first-order valence-corrected chi connectivity index (χ1v) is 7.48. The summed E-state index contributed by atoms with van der Waals surface area (Å²) in [4.78, 5) is 19.7. The van der Waals surface area contributed by atoms with Gasteiger partial charge in [0.1, 0.15) is 17.6 Å². The van der Waals surface area contributed by atoms with Crippen molar-refractivity contribution in [3.63, 3.8) is 0 Å². The highest BCUT2D eigenvalue weighted by molar-refractivity contribution is 6.03. The molecule has 2 heterocycles. The maximum Gasteiger partial charge on any atom is 0.322 e. The second-order valence-corrected chi connectivity index (χ2v) is 5.55. The fourth-order valence-corrected chi connectivity index (χ4v) is 2.82. The van der Waals surface area contributed by atoms with Crippen molar-refractivity contribution in [1.82, 2.24) is 19.7 Å². The van der Waals surface area contributed by atoms with Crippen LogP contribution in [0.5, 0.6) is 11.8 Å². The molecular weight excluding hydrogens is 304 g/mol. The second-order valence-electron chi connectivity index (χ2n) is 5.55. The third kappa shape index (κ3) is 2.28. The van der Waals surface area contributed by atoms with E-state index in [0.29, 0.717) is 11.3 Å². The third-order valence-electron chi connectivity index (χ3n) is 3.92. The minimum Gasteiger partial charge on any atom is -0.424 e. The normalized spacial score (nSPS) is 11.1. The molecule has 0 spiro atoms. The number of benzene rings is 2. The Labute approximate surface area is 137 Å². The van der Waals surface area contributed by atoms with Gasteiger partial charge in [-0.3, -0.25) is 9.48 Å². The van der Waals surface area contributed by atoms with Gasteiger partial charge in [0.2, 0.25) is 0 Å². The zero-order chi connectivity index (χ0) is 16.7. The van der Waals surface area contributed by atoms with Crippen LogP contribution in [0.3, 0.4) is 0 Å². The number of fused-ring (bicyclic) bond motifs is 3. The van der Waals surface area contributed by atoms with E-state index >= 15 is 0 Å². The van der Waals surface area contributed by atoms with Crippen molar-refractivity contribution < 1.29 is 9.53 Å². The molecule has 0 atom stereocenters. The van der Waals surface area contributed by atoms with Crippen LogP contribution in [0.4, 0.5) is 0 Å². The van der Waals surface area contributed by atoms with Crippen molar-refractivity contribution in [2.45, 2.75) is 6.92 Å². The monoisotopic (exact) mass is 318 g/mol. The summed E-state index contributed by atoms with van der Waals surface area (Å²) in [6.45, 7) is 1.97. The lowest BCUT2D eigenvalue weighted by Crippen LogP contribution is -1.96. The summed E-state index contributed by atoms with van der Waals surface area (Å²) in [6, 6.07) is 11.1. The molecule has 0 fully saturated rings. The molecule has 2 aromatic heterocycles. The second kappa shape index (κ2) is 5.42. The Morgan fingerprint density at radius 3 is 2.92 bits per heavy atom. The van der Waals surface area contributed by atoms with Crippen LogP contribution in [-0.4, -0.2) is 26.0 Å². The summed E-state index contributed by atoms with van der Waals surface area (Å²) in [6.07, 6.45) is 2.50. The number of nitrogens with zero attached hydrogens (tertiary/aromatic N) is 4. The summed E-state index contributed by atoms with van der Waals surface area (Å²) >= 11 is 0. The lowest BCUT2D eigenvalue weighted by Gasteiger charge is -2.06.